The lowest BCUT2D eigenvalue weighted by Crippen LogP contribution is -2.16. The first-order valence-electron chi connectivity index (χ1n) is 6.19. The molecule has 2 nitrogen and oxygen atoms in total. The molecule has 1 aromatic carbocycles. The van der Waals surface area contributed by atoms with E-state index in [1.807, 2.05) is 13.8 Å². The number of benzene rings is 1. The van der Waals surface area contributed by atoms with Crippen LogP contribution in [0.2, 0.25) is 0 Å². The molecule has 1 aromatic rings. The Balaban J connectivity index is 2.93. The van der Waals surface area contributed by atoms with Crippen LogP contribution in [-0.2, 0) is 9.53 Å². The zero-order valence-electron chi connectivity index (χ0n) is 10.7. The van der Waals surface area contributed by atoms with E-state index in [0.717, 1.165) is 12.8 Å². The Morgan fingerprint density at radius 2 is 2.11 bits per heavy atom. The van der Waals surface area contributed by atoms with E-state index in [1.54, 1.807) is 12.1 Å². The lowest BCUT2D eigenvalue weighted by molar-refractivity contribution is -0.131. The average Bonchev–Trinajstić information content (AvgIpc) is 2.34. The smallest absolute Gasteiger partial charge is 0.166 e. The van der Waals surface area contributed by atoms with Gasteiger partial charge >= 0.3 is 0 Å². The minimum absolute atomic E-state index is 0.0458. The topological polar surface area (TPSA) is 26.3 Å². The number of hydrogen-bond donors (Lipinski definition) is 0. The van der Waals surface area contributed by atoms with Crippen molar-refractivity contribution in [1.82, 2.24) is 0 Å². The molecule has 100 valence electrons. The van der Waals surface area contributed by atoms with E-state index in [0.29, 0.717) is 23.1 Å². The van der Waals surface area contributed by atoms with Gasteiger partial charge in [-0.05, 0) is 46.5 Å². The molecule has 0 N–H and O–H groups in total. The van der Waals surface area contributed by atoms with Gasteiger partial charge in [0.2, 0.25) is 0 Å². The fourth-order valence-corrected chi connectivity index (χ4v) is 2.06. The van der Waals surface area contributed by atoms with Crippen molar-refractivity contribution in [3.8, 4) is 0 Å². The second-order valence-corrected chi connectivity index (χ2v) is 5.00. The van der Waals surface area contributed by atoms with Gasteiger partial charge in [-0.2, -0.15) is 0 Å². The highest BCUT2D eigenvalue weighted by atomic mass is 79.9. The number of Topliss-reactive ketones (excluding diaryl/α,β-unsaturated/α-hetero) is 1. The summed E-state index contributed by atoms with van der Waals surface area (Å²) in [6, 6.07) is 4.57. The molecule has 0 saturated carbocycles. The van der Waals surface area contributed by atoms with Crippen LogP contribution in [0.15, 0.2) is 22.7 Å². The van der Waals surface area contributed by atoms with Crippen molar-refractivity contribution in [1.29, 1.82) is 0 Å². The van der Waals surface area contributed by atoms with Crippen LogP contribution in [0, 0.1) is 5.82 Å². The Morgan fingerprint density at radius 3 is 2.67 bits per heavy atom. The summed E-state index contributed by atoms with van der Waals surface area (Å²) in [5, 5.41) is 0. The molecule has 18 heavy (non-hydrogen) atoms. The standard InChI is InChI=1S/C14H18BrFO2/c1-3-5-13(17)14(18-8-4-2)10-6-7-12(16)11(15)9-10/h6-7,9,14H,3-5,8H2,1-2H3. The molecule has 0 aromatic heterocycles. The van der Waals surface area contributed by atoms with Crippen LogP contribution in [0.4, 0.5) is 4.39 Å². The molecule has 0 aliphatic carbocycles. The fourth-order valence-electron chi connectivity index (χ4n) is 1.66. The van der Waals surface area contributed by atoms with Crippen LogP contribution in [0.3, 0.4) is 0 Å². The number of rotatable bonds is 7. The van der Waals surface area contributed by atoms with Gasteiger partial charge < -0.3 is 4.74 Å². The van der Waals surface area contributed by atoms with Crippen LogP contribution < -0.4 is 0 Å². The normalized spacial score (nSPS) is 12.4. The van der Waals surface area contributed by atoms with E-state index >= 15 is 0 Å². The van der Waals surface area contributed by atoms with Gasteiger partial charge in [-0.15, -0.1) is 0 Å². The van der Waals surface area contributed by atoms with E-state index in [4.69, 9.17) is 4.74 Å². The predicted octanol–water partition coefficient (Wildman–Crippen LogP) is 4.43. The number of ether oxygens (including phenoxy) is 1. The first kappa shape index (κ1) is 15.3. The Morgan fingerprint density at radius 1 is 1.39 bits per heavy atom. The summed E-state index contributed by atoms with van der Waals surface area (Å²) < 4.78 is 19.1. The van der Waals surface area contributed by atoms with Gasteiger partial charge in [-0.1, -0.05) is 19.9 Å². The largest absolute Gasteiger partial charge is 0.366 e. The van der Waals surface area contributed by atoms with Gasteiger partial charge in [0.05, 0.1) is 4.47 Å². The van der Waals surface area contributed by atoms with Gasteiger partial charge in [0, 0.05) is 13.0 Å². The summed E-state index contributed by atoms with van der Waals surface area (Å²) in [7, 11) is 0. The molecule has 0 fully saturated rings. The number of ketones is 1. The minimum Gasteiger partial charge on any atom is -0.366 e. The van der Waals surface area contributed by atoms with Crippen molar-refractivity contribution >= 4 is 21.7 Å². The zero-order chi connectivity index (χ0) is 13.5. The van der Waals surface area contributed by atoms with Crippen LogP contribution in [0.25, 0.3) is 0 Å². The maximum atomic E-state index is 13.2. The summed E-state index contributed by atoms with van der Waals surface area (Å²) in [6.45, 7) is 4.46. The van der Waals surface area contributed by atoms with Crippen molar-refractivity contribution < 1.29 is 13.9 Å². The second kappa shape index (κ2) is 7.64. The highest BCUT2D eigenvalue weighted by molar-refractivity contribution is 9.10. The third-order valence-corrected chi connectivity index (χ3v) is 3.13. The van der Waals surface area contributed by atoms with Crippen LogP contribution in [0.5, 0.6) is 0 Å². The van der Waals surface area contributed by atoms with E-state index in [1.165, 1.54) is 6.07 Å². The Kier molecular flexibility index (Phi) is 6.50. The van der Waals surface area contributed by atoms with Gasteiger partial charge in [0.25, 0.3) is 0 Å². The monoisotopic (exact) mass is 316 g/mol. The van der Waals surface area contributed by atoms with Crippen molar-refractivity contribution in [2.45, 2.75) is 39.2 Å². The molecule has 0 radical (unpaired) electrons. The van der Waals surface area contributed by atoms with Crippen LogP contribution in [0.1, 0.15) is 44.8 Å². The maximum absolute atomic E-state index is 13.2. The predicted molar refractivity (Wildman–Crippen MR) is 73.0 cm³/mol. The van der Waals surface area contributed by atoms with Gasteiger partial charge in [0.1, 0.15) is 11.9 Å². The molecule has 0 aliphatic heterocycles. The lowest BCUT2D eigenvalue weighted by atomic mass is 10.0. The zero-order valence-corrected chi connectivity index (χ0v) is 12.3. The van der Waals surface area contributed by atoms with Crippen molar-refractivity contribution in [2.75, 3.05) is 6.61 Å². The minimum atomic E-state index is -0.582. The molecule has 0 spiro atoms. The summed E-state index contributed by atoms with van der Waals surface area (Å²) in [4.78, 5) is 12.0. The highest BCUT2D eigenvalue weighted by Crippen LogP contribution is 2.25. The Hall–Kier alpha value is -0.740. The molecule has 1 atom stereocenters. The summed E-state index contributed by atoms with van der Waals surface area (Å²) in [5.41, 5.74) is 0.704. The first-order chi connectivity index (χ1) is 8.60. The van der Waals surface area contributed by atoms with Crippen molar-refractivity contribution in [2.24, 2.45) is 0 Å². The molecule has 0 aliphatic rings. The van der Waals surface area contributed by atoms with Crippen molar-refractivity contribution in [3.63, 3.8) is 0 Å². The third kappa shape index (κ3) is 4.18. The van der Waals surface area contributed by atoms with E-state index < -0.39 is 6.10 Å². The summed E-state index contributed by atoms with van der Waals surface area (Å²) in [6.07, 6.45) is 1.52. The SMILES string of the molecule is CCCOC(C(=O)CCC)c1ccc(F)c(Br)c1. The number of carbonyl (C=O) groups excluding carboxylic acids is 1. The molecule has 0 heterocycles. The second-order valence-electron chi connectivity index (χ2n) is 4.14. The van der Waals surface area contributed by atoms with E-state index in [-0.39, 0.29) is 11.6 Å². The van der Waals surface area contributed by atoms with E-state index in [2.05, 4.69) is 15.9 Å². The Labute approximate surface area is 116 Å². The summed E-state index contributed by atoms with van der Waals surface area (Å²) in [5.74, 6) is -0.291. The molecule has 0 amide bonds. The first-order valence-corrected chi connectivity index (χ1v) is 6.98. The molecule has 1 unspecified atom stereocenters. The lowest BCUT2D eigenvalue weighted by Gasteiger charge is -2.17. The fraction of sp³-hybridized carbons (Fsp3) is 0.500. The molecule has 1 rings (SSSR count). The molecule has 0 saturated heterocycles. The van der Waals surface area contributed by atoms with Gasteiger partial charge in [-0.25, -0.2) is 4.39 Å². The molecule has 4 heteroatoms. The summed E-state index contributed by atoms with van der Waals surface area (Å²) >= 11 is 3.13. The maximum Gasteiger partial charge on any atom is 0.166 e. The number of halogens is 2. The number of carbonyl (C=O) groups is 1. The van der Waals surface area contributed by atoms with Crippen LogP contribution in [-0.4, -0.2) is 12.4 Å². The highest BCUT2D eigenvalue weighted by Gasteiger charge is 2.21. The quantitative estimate of drug-likeness (QED) is 0.744. The van der Waals surface area contributed by atoms with E-state index in [9.17, 15) is 9.18 Å². The average molecular weight is 317 g/mol. The van der Waals surface area contributed by atoms with Crippen LogP contribution >= 0.6 is 15.9 Å². The molecular formula is C14H18BrFO2. The van der Waals surface area contributed by atoms with Gasteiger partial charge in [0.15, 0.2) is 5.78 Å². The molecule has 0 bridgehead atoms. The third-order valence-electron chi connectivity index (χ3n) is 2.52. The van der Waals surface area contributed by atoms with Crippen molar-refractivity contribution in [3.05, 3.63) is 34.1 Å². The Bertz CT molecular complexity index is 407. The van der Waals surface area contributed by atoms with Gasteiger partial charge in [-0.3, -0.25) is 4.79 Å². The number of hydrogen-bond acceptors (Lipinski definition) is 2. The molecular weight excluding hydrogens is 299 g/mol.